The Hall–Kier alpha value is -1.88. The average Bonchev–Trinajstić information content (AvgIpc) is 2.48. The highest BCUT2D eigenvalue weighted by Gasteiger charge is 2.14. The van der Waals surface area contributed by atoms with E-state index in [4.69, 9.17) is 0 Å². The number of nitrogens with zero attached hydrogens (tertiary/aromatic N) is 1. The molecule has 2 aromatic carbocycles. The van der Waals surface area contributed by atoms with Crippen LogP contribution in [0.3, 0.4) is 0 Å². The molecular weight excluding hydrogens is 332 g/mol. The molecule has 0 spiro atoms. The molecule has 0 radical (unpaired) electrons. The second-order valence-electron chi connectivity index (χ2n) is 4.94. The van der Waals surface area contributed by atoms with E-state index in [-0.39, 0.29) is 16.7 Å². The molecule has 2 aromatic rings. The lowest BCUT2D eigenvalue weighted by Gasteiger charge is -2.20. The second kappa shape index (κ2) is 6.72. The Morgan fingerprint density at radius 3 is 2.71 bits per heavy atom. The Labute approximate surface area is 132 Å². The maximum absolute atomic E-state index is 10.9. The first-order valence-corrected chi connectivity index (χ1v) is 7.57. The van der Waals surface area contributed by atoms with Gasteiger partial charge in [-0.15, -0.1) is 0 Å². The van der Waals surface area contributed by atoms with Crippen molar-refractivity contribution in [2.75, 3.05) is 5.32 Å². The normalized spacial score (nSPS) is 12.0. The first-order chi connectivity index (χ1) is 10.0. The Morgan fingerprint density at radius 1 is 1.29 bits per heavy atom. The van der Waals surface area contributed by atoms with Gasteiger partial charge in [-0.25, -0.2) is 0 Å². The summed E-state index contributed by atoms with van der Waals surface area (Å²) in [4.78, 5) is 10.5. The van der Waals surface area contributed by atoms with E-state index in [1.165, 1.54) is 6.07 Å². The molecule has 0 aliphatic carbocycles. The lowest BCUT2D eigenvalue weighted by molar-refractivity contribution is -0.384. The monoisotopic (exact) mass is 348 g/mol. The number of aryl methyl sites for hydroxylation is 1. The number of hydrogen-bond donors (Lipinski definition) is 1. The van der Waals surface area contributed by atoms with E-state index >= 15 is 0 Å². The Kier molecular flexibility index (Phi) is 4.96. The van der Waals surface area contributed by atoms with Gasteiger partial charge in [-0.1, -0.05) is 25.1 Å². The van der Waals surface area contributed by atoms with E-state index in [0.717, 1.165) is 27.7 Å². The molecule has 0 aliphatic rings. The molecule has 21 heavy (non-hydrogen) atoms. The lowest BCUT2D eigenvalue weighted by Crippen LogP contribution is -2.10. The van der Waals surface area contributed by atoms with Gasteiger partial charge in [0.05, 0.1) is 11.0 Å². The van der Waals surface area contributed by atoms with Gasteiger partial charge in [-0.05, 0) is 52.5 Å². The Morgan fingerprint density at radius 2 is 2.05 bits per heavy atom. The van der Waals surface area contributed by atoms with Crippen LogP contribution >= 0.6 is 15.9 Å². The molecule has 0 amide bonds. The zero-order valence-electron chi connectivity index (χ0n) is 12.0. The van der Waals surface area contributed by atoms with Crippen LogP contribution in [0.1, 0.15) is 30.5 Å². The van der Waals surface area contributed by atoms with Gasteiger partial charge >= 0.3 is 0 Å². The summed E-state index contributed by atoms with van der Waals surface area (Å²) in [5.74, 6) is 0. The van der Waals surface area contributed by atoms with Gasteiger partial charge in [0.1, 0.15) is 0 Å². The summed E-state index contributed by atoms with van der Waals surface area (Å²) in [7, 11) is 0. The molecule has 0 aromatic heterocycles. The summed E-state index contributed by atoms with van der Waals surface area (Å²) < 4.78 is 0.983. The second-order valence-corrected chi connectivity index (χ2v) is 5.79. The standard InChI is InChI=1S/C16H17BrN2O2/c1-3-15(12-5-4-6-13(10-12)19(20)21)18-16-9-11(2)7-8-14(16)17/h4-10,15,18H,3H2,1-2H3. The smallest absolute Gasteiger partial charge is 0.269 e. The molecule has 0 bridgehead atoms. The fraction of sp³-hybridized carbons (Fsp3) is 0.250. The van der Waals surface area contributed by atoms with E-state index in [0.29, 0.717) is 0 Å². The van der Waals surface area contributed by atoms with Gasteiger partial charge in [-0.2, -0.15) is 0 Å². The summed E-state index contributed by atoms with van der Waals surface area (Å²) in [6, 6.07) is 12.9. The van der Waals surface area contributed by atoms with Crippen LogP contribution in [0.5, 0.6) is 0 Å². The molecule has 1 atom stereocenters. The maximum atomic E-state index is 10.9. The molecule has 110 valence electrons. The van der Waals surface area contributed by atoms with Gasteiger partial charge in [0.25, 0.3) is 5.69 Å². The minimum atomic E-state index is -0.362. The third kappa shape index (κ3) is 3.82. The predicted octanol–water partition coefficient (Wildman–Crippen LogP) is 5.23. The maximum Gasteiger partial charge on any atom is 0.269 e. The van der Waals surface area contributed by atoms with E-state index in [1.54, 1.807) is 12.1 Å². The molecule has 4 nitrogen and oxygen atoms in total. The molecule has 2 rings (SSSR count). The highest BCUT2D eigenvalue weighted by molar-refractivity contribution is 9.10. The molecular formula is C16H17BrN2O2. The molecule has 0 fully saturated rings. The lowest BCUT2D eigenvalue weighted by atomic mass is 10.0. The van der Waals surface area contributed by atoms with Crippen LogP contribution in [-0.4, -0.2) is 4.92 Å². The van der Waals surface area contributed by atoms with Crippen LogP contribution in [0.2, 0.25) is 0 Å². The number of anilines is 1. The van der Waals surface area contributed by atoms with E-state index in [2.05, 4.69) is 34.2 Å². The van der Waals surface area contributed by atoms with Crippen molar-refractivity contribution in [2.24, 2.45) is 0 Å². The van der Waals surface area contributed by atoms with Crippen molar-refractivity contribution in [3.05, 3.63) is 68.2 Å². The molecule has 0 aliphatic heterocycles. The first kappa shape index (κ1) is 15.5. The number of nitro groups is 1. The van der Waals surface area contributed by atoms with Gasteiger partial charge < -0.3 is 5.32 Å². The summed E-state index contributed by atoms with van der Waals surface area (Å²) in [5, 5.41) is 14.3. The van der Waals surface area contributed by atoms with Crippen molar-refractivity contribution >= 4 is 27.3 Å². The molecule has 0 heterocycles. The zero-order chi connectivity index (χ0) is 15.4. The van der Waals surface area contributed by atoms with Crippen molar-refractivity contribution in [1.29, 1.82) is 0 Å². The van der Waals surface area contributed by atoms with Crippen LogP contribution < -0.4 is 5.32 Å². The van der Waals surface area contributed by atoms with Crippen LogP contribution in [0.15, 0.2) is 46.9 Å². The fourth-order valence-electron chi connectivity index (χ4n) is 2.21. The molecule has 0 saturated carbocycles. The molecule has 5 heteroatoms. The number of rotatable bonds is 5. The number of nitro benzene ring substituents is 1. The average molecular weight is 349 g/mol. The van der Waals surface area contributed by atoms with Crippen molar-refractivity contribution < 1.29 is 4.92 Å². The fourth-order valence-corrected chi connectivity index (χ4v) is 2.57. The molecule has 1 N–H and O–H groups in total. The third-order valence-electron chi connectivity index (χ3n) is 3.34. The Balaban J connectivity index is 2.29. The summed E-state index contributed by atoms with van der Waals surface area (Å²) in [5.41, 5.74) is 3.19. The predicted molar refractivity (Wildman–Crippen MR) is 88.6 cm³/mol. The Bertz CT molecular complexity index is 658. The zero-order valence-corrected chi connectivity index (χ0v) is 13.6. The SMILES string of the molecule is CCC(Nc1cc(C)ccc1Br)c1cccc([N+](=O)[O-])c1. The number of hydrogen-bond acceptors (Lipinski definition) is 3. The van der Waals surface area contributed by atoms with Gasteiger partial charge in [0.2, 0.25) is 0 Å². The number of nitrogens with one attached hydrogen (secondary N) is 1. The van der Waals surface area contributed by atoms with E-state index in [1.807, 2.05) is 25.1 Å². The van der Waals surface area contributed by atoms with Crippen molar-refractivity contribution in [1.82, 2.24) is 0 Å². The first-order valence-electron chi connectivity index (χ1n) is 6.78. The van der Waals surface area contributed by atoms with Gasteiger partial charge in [0, 0.05) is 22.3 Å². The van der Waals surface area contributed by atoms with E-state index < -0.39 is 0 Å². The largest absolute Gasteiger partial charge is 0.377 e. The van der Waals surface area contributed by atoms with Crippen molar-refractivity contribution in [3.63, 3.8) is 0 Å². The van der Waals surface area contributed by atoms with Crippen LogP contribution in [0, 0.1) is 17.0 Å². The minimum absolute atomic E-state index is 0.0306. The topological polar surface area (TPSA) is 55.2 Å². The highest BCUT2D eigenvalue weighted by atomic mass is 79.9. The highest BCUT2D eigenvalue weighted by Crippen LogP contribution is 2.30. The van der Waals surface area contributed by atoms with Crippen LogP contribution in [-0.2, 0) is 0 Å². The van der Waals surface area contributed by atoms with Crippen molar-refractivity contribution in [2.45, 2.75) is 26.3 Å². The number of non-ortho nitro benzene ring substituents is 1. The van der Waals surface area contributed by atoms with Crippen LogP contribution in [0.4, 0.5) is 11.4 Å². The van der Waals surface area contributed by atoms with Crippen LogP contribution in [0.25, 0.3) is 0 Å². The summed E-state index contributed by atoms with van der Waals surface area (Å²) in [6.07, 6.45) is 0.835. The molecule has 0 saturated heterocycles. The number of benzene rings is 2. The third-order valence-corrected chi connectivity index (χ3v) is 4.03. The van der Waals surface area contributed by atoms with E-state index in [9.17, 15) is 10.1 Å². The molecule has 1 unspecified atom stereocenters. The summed E-state index contributed by atoms with van der Waals surface area (Å²) >= 11 is 3.53. The number of halogens is 1. The van der Waals surface area contributed by atoms with Gasteiger partial charge in [0.15, 0.2) is 0 Å². The quantitative estimate of drug-likeness (QED) is 0.594. The minimum Gasteiger partial charge on any atom is -0.377 e. The summed E-state index contributed by atoms with van der Waals surface area (Å²) in [6.45, 7) is 4.09. The van der Waals surface area contributed by atoms with Crippen molar-refractivity contribution in [3.8, 4) is 0 Å². The van der Waals surface area contributed by atoms with Gasteiger partial charge in [-0.3, -0.25) is 10.1 Å².